The van der Waals surface area contributed by atoms with Crippen LogP contribution in [0.4, 0.5) is 0 Å². The number of carbonyl (C=O) groups is 1. The maximum atomic E-state index is 12.1. The number of nitrogens with one attached hydrogen (secondary N) is 2. The molecule has 0 spiro atoms. The Bertz CT molecular complexity index is 569. The summed E-state index contributed by atoms with van der Waals surface area (Å²) in [7, 11) is 1.72. The molecule has 0 radical (unpaired) electrons. The minimum Gasteiger partial charge on any atom is -0.375 e. The number of ether oxygens (including phenoxy) is 1. The summed E-state index contributed by atoms with van der Waals surface area (Å²) in [5.41, 5.74) is 1.13. The maximum Gasteiger partial charge on any atom is 0.237 e. The van der Waals surface area contributed by atoms with Gasteiger partial charge < -0.3 is 15.4 Å². The van der Waals surface area contributed by atoms with Gasteiger partial charge in [-0.2, -0.15) is 0 Å². The number of piperidine rings is 1. The SMILES string of the molecule is COC(C)c1nc(CN2CCCC(CNC(=O)C3CCCN3)C2)cs1.Cl.Cl. The number of amides is 1. The number of hydrogen-bond acceptors (Lipinski definition) is 6. The summed E-state index contributed by atoms with van der Waals surface area (Å²) in [5.74, 6) is 0.711. The lowest BCUT2D eigenvalue weighted by atomic mass is 9.97. The van der Waals surface area contributed by atoms with Crippen LogP contribution in [0.2, 0.25) is 0 Å². The van der Waals surface area contributed by atoms with Crippen LogP contribution in [0, 0.1) is 5.92 Å². The van der Waals surface area contributed by atoms with Crippen molar-refractivity contribution in [1.82, 2.24) is 20.5 Å². The largest absolute Gasteiger partial charge is 0.375 e. The van der Waals surface area contributed by atoms with E-state index in [4.69, 9.17) is 9.72 Å². The summed E-state index contributed by atoms with van der Waals surface area (Å²) in [6.45, 7) is 6.82. The molecule has 2 saturated heterocycles. The topological polar surface area (TPSA) is 66.5 Å². The number of aromatic nitrogens is 1. The fraction of sp³-hybridized carbons (Fsp3) is 0.778. The first-order valence-corrected chi connectivity index (χ1v) is 10.2. The Hall–Kier alpha value is -0.440. The Morgan fingerprint density at radius 3 is 2.96 bits per heavy atom. The molecule has 3 rings (SSSR count). The van der Waals surface area contributed by atoms with Crippen molar-refractivity contribution in [3.05, 3.63) is 16.1 Å². The van der Waals surface area contributed by atoms with Crippen LogP contribution in [0.25, 0.3) is 0 Å². The number of hydrogen-bond donors (Lipinski definition) is 2. The molecule has 2 aliphatic heterocycles. The molecule has 3 atom stereocenters. The van der Waals surface area contributed by atoms with Crippen LogP contribution in [-0.2, 0) is 16.1 Å². The lowest BCUT2D eigenvalue weighted by Crippen LogP contribution is -2.45. The Balaban J connectivity index is 0.00000182. The summed E-state index contributed by atoms with van der Waals surface area (Å²) in [6, 6.07) is 0.0240. The zero-order valence-electron chi connectivity index (χ0n) is 16.1. The van der Waals surface area contributed by atoms with Crippen LogP contribution in [0.1, 0.15) is 49.4 Å². The highest BCUT2D eigenvalue weighted by Crippen LogP contribution is 2.23. The van der Waals surface area contributed by atoms with E-state index in [0.717, 1.165) is 56.3 Å². The van der Waals surface area contributed by atoms with E-state index in [2.05, 4.69) is 20.9 Å². The predicted molar refractivity (Wildman–Crippen MR) is 114 cm³/mol. The molecule has 2 N–H and O–H groups in total. The number of nitrogens with zero attached hydrogens (tertiary/aromatic N) is 2. The van der Waals surface area contributed by atoms with Gasteiger partial charge in [0.25, 0.3) is 0 Å². The summed E-state index contributed by atoms with van der Waals surface area (Å²) in [5, 5.41) is 9.59. The molecule has 0 aliphatic carbocycles. The monoisotopic (exact) mass is 438 g/mol. The van der Waals surface area contributed by atoms with E-state index in [1.54, 1.807) is 18.4 Å². The fourth-order valence-electron chi connectivity index (χ4n) is 3.65. The number of thiazole rings is 1. The fourth-order valence-corrected chi connectivity index (χ4v) is 4.49. The predicted octanol–water partition coefficient (Wildman–Crippen LogP) is 2.77. The third kappa shape index (κ3) is 7.15. The van der Waals surface area contributed by atoms with Gasteiger partial charge in [-0.25, -0.2) is 4.98 Å². The standard InChI is InChI=1S/C18H30N4O2S.2ClH/c1-13(24-2)18-21-15(12-25-18)11-22-8-4-5-14(10-22)9-20-17(23)16-6-3-7-19-16;;/h12-14,16,19H,3-11H2,1-2H3,(H,20,23);2*1H. The Kier molecular flexibility index (Phi) is 11.1. The van der Waals surface area contributed by atoms with Crippen molar-refractivity contribution < 1.29 is 9.53 Å². The molecule has 1 aromatic heterocycles. The second kappa shape index (κ2) is 12.2. The molecular weight excluding hydrogens is 407 g/mol. The van der Waals surface area contributed by atoms with Crippen molar-refractivity contribution in [2.24, 2.45) is 5.92 Å². The molecule has 3 heterocycles. The highest BCUT2D eigenvalue weighted by molar-refractivity contribution is 7.09. The van der Waals surface area contributed by atoms with Crippen LogP contribution in [0.3, 0.4) is 0 Å². The molecular formula is C18H32Cl2N4O2S. The van der Waals surface area contributed by atoms with Gasteiger partial charge in [-0.05, 0) is 51.6 Å². The van der Waals surface area contributed by atoms with E-state index < -0.39 is 0 Å². The van der Waals surface area contributed by atoms with E-state index >= 15 is 0 Å². The van der Waals surface area contributed by atoms with Crippen molar-refractivity contribution in [2.75, 3.05) is 33.3 Å². The lowest BCUT2D eigenvalue weighted by molar-refractivity contribution is -0.123. The van der Waals surface area contributed by atoms with E-state index in [-0.39, 0.29) is 42.9 Å². The van der Waals surface area contributed by atoms with Crippen molar-refractivity contribution in [3.63, 3.8) is 0 Å². The zero-order valence-corrected chi connectivity index (χ0v) is 18.6. The minimum atomic E-state index is 0. The molecule has 0 saturated carbocycles. The summed E-state index contributed by atoms with van der Waals surface area (Å²) in [6.07, 6.45) is 4.51. The van der Waals surface area contributed by atoms with E-state index in [0.29, 0.717) is 5.92 Å². The lowest BCUT2D eigenvalue weighted by Gasteiger charge is -2.32. The van der Waals surface area contributed by atoms with Crippen molar-refractivity contribution in [3.8, 4) is 0 Å². The number of halogens is 2. The Labute approximate surface area is 178 Å². The number of methoxy groups -OCH3 is 1. The molecule has 0 bridgehead atoms. The van der Waals surface area contributed by atoms with Crippen LogP contribution in [0.5, 0.6) is 0 Å². The van der Waals surface area contributed by atoms with Gasteiger partial charge >= 0.3 is 0 Å². The third-order valence-corrected chi connectivity index (χ3v) is 6.26. The zero-order chi connectivity index (χ0) is 17.6. The highest BCUT2D eigenvalue weighted by Gasteiger charge is 2.25. The first-order chi connectivity index (χ1) is 12.2. The normalized spacial score (nSPS) is 23.9. The summed E-state index contributed by atoms with van der Waals surface area (Å²) in [4.78, 5) is 19.3. The molecule has 3 unspecified atom stereocenters. The Morgan fingerprint density at radius 1 is 1.44 bits per heavy atom. The van der Waals surface area contributed by atoms with E-state index in [1.807, 2.05) is 6.92 Å². The van der Waals surface area contributed by atoms with Gasteiger partial charge in [0.05, 0.1) is 11.7 Å². The highest BCUT2D eigenvalue weighted by atomic mass is 35.5. The van der Waals surface area contributed by atoms with Gasteiger partial charge in [-0.3, -0.25) is 9.69 Å². The summed E-state index contributed by atoms with van der Waals surface area (Å²) >= 11 is 1.67. The van der Waals surface area contributed by atoms with Gasteiger partial charge in [0, 0.05) is 32.1 Å². The number of rotatable bonds is 7. The van der Waals surface area contributed by atoms with Crippen molar-refractivity contribution in [1.29, 1.82) is 0 Å². The van der Waals surface area contributed by atoms with Crippen molar-refractivity contribution in [2.45, 2.75) is 51.3 Å². The first-order valence-electron chi connectivity index (χ1n) is 9.36. The quantitative estimate of drug-likeness (QED) is 0.684. The molecule has 0 aromatic carbocycles. The Morgan fingerprint density at radius 2 is 2.26 bits per heavy atom. The smallest absolute Gasteiger partial charge is 0.237 e. The summed E-state index contributed by atoms with van der Waals surface area (Å²) < 4.78 is 5.34. The average Bonchev–Trinajstić information content (AvgIpc) is 3.31. The first kappa shape index (κ1) is 24.6. The number of likely N-dealkylation sites (tertiary alicyclic amines) is 1. The molecule has 1 aromatic rings. The van der Waals surface area contributed by atoms with Crippen LogP contribution >= 0.6 is 36.2 Å². The van der Waals surface area contributed by atoms with Gasteiger partial charge in [0.2, 0.25) is 5.91 Å². The van der Waals surface area contributed by atoms with Crippen LogP contribution in [0.15, 0.2) is 5.38 Å². The molecule has 1 amide bonds. The molecule has 156 valence electrons. The maximum absolute atomic E-state index is 12.1. The van der Waals surface area contributed by atoms with Crippen LogP contribution < -0.4 is 10.6 Å². The van der Waals surface area contributed by atoms with Gasteiger partial charge in [0.15, 0.2) is 0 Å². The second-order valence-electron chi connectivity index (χ2n) is 7.19. The van der Waals surface area contributed by atoms with Crippen molar-refractivity contribution >= 4 is 42.1 Å². The van der Waals surface area contributed by atoms with E-state index in [1.165, 1.54) is 12.8 Å². The average molecular weight is 439 g/mol. The third-order valence-electron chi connectivity index (χ3n) is 5.20. The molecule has 2 fully saturated rings. The van der Waals surface area contributed by atoms with Gasteiger partial charge in [-0.15, -0.1) is 36.2 Å². The molecule has 9 heteroatoms. The minimum absolute atomic E-state index is 0. The molecule has 27 heavy (non-hydrogen) atoms. The van der Waals surface area contributed by atoms with Gasteiger partial charge in [-0.1, -0.05) is 0 Å². The molecule has 6 nitrogen and oxygen atoms in total. The second-order valence-corrected chi connectivity index (χ2v) is 8.08. The van der Waals surface area contributed by atoms with Crippen LogP contribution in [-0.4, -0.2) is 55.1 Å². The van der Waals surface area contributed by atoms with E-state index in [9.17, 15) is 4.79 Å². The molecule has 2 aliphatic rings. The number of carbonyl (C=O) groups excluding carboxylic acids is 1. The van der Waals surface area contributed by atoms with Gasteiger partial charge in [0.1, 0.15) is 11.1 Å².